The van der Waals surface area contributed by atoms with Crippen molar-refractivity contribution in [3.8, 4) is 34.5 Å². The second kappa shape index (κ2) is 9.35. The molecule has 4 rings (SSSR count). The molecule has 0 bridgehead atoms. The number of rotatable bonds is 7. The van der Waals surface area contributed by atoms with Gasteiger partial charge in [-0.25, -0.2) is 4.79 Å². The maximum atomic E-state index is 12.8. The minimum Gasteiger partial charge on any atom is -0.497 e. The number of ether oxygens (including phenoxy) is 5. The molecule has 0 spiro atoms. The summed E-state index contributed by atoms with van der Waals surface area (Å²) in [7, 11) is 4.52. The van der Waals surface area contributed by atoms with Crippen molar-refractivity contribution in [2.45, 2.75) is 0 Å². The molecular weight excluding hydrogens is 428 g/mol. The Morgan fingerprint density at radius 2 is 1.42 bits per heavy atom. The quantitative estimate of drug-likeness (QED) is 0.293. The number of carbonyl (C=O) groups excluding carboxylic acids is 1. The standard InChI is InChI=1S/C25H20O8/c1-28-16-5-4-6-17(11-16)32-23-14-31-22-13-18(7-8-21(22)24(23)26)33-25(27)15-9-19(29-2)12-20(10-15)30-3/h4-14H,1-3H3. The van der Waals surface area contributed by atoms with Crippen molar-refractivity contribution in [3.05, 3.63) is 82.7 Å². The van der Waals surface area contributed by atoms with Crippen LogP contribution in [0.3, 0.4) is 0 Å². The van der Waals surface area contributed by atoms with Crippen LogP contribution in [0.4, 0.5) is 0 Å². The molecule has 0 radical (unpaired) electrons. The minimum atomic E-state index is -0.619. The van der Waals surface area contributed by atoms with Crippen LogP contribution in [0.1, 0.15) is 10.4 Å². The minimum absolute atomic E-state index is 0.0176. The van der Waals surface area contributed by atoms with Gasteiger partial charge in [-0.1, -0.05) is 6.07 Å². The Morgan fingerprint density at radius 1 is 0.758 bits per heavy atom. The molecule has 0 amide bonds. The van der Waals surface area contributed by atoms with Gasteiger partial charge in [0, 0.05) is 18.2 Å². The van der Waals surface area contributed by atoms with Gasteiger partial charge < -0.3 is 28.1 Å². The number of carbonyl (C=O) groups is 1. The van der Waals surface area contributed by atoms with E-state index in [4.69, 9.17) is 28.1 Å². The molecule has 8 nitrogen and oxygen atoms in total. The van der Waals surface area contributed by atoms with Gasteiger partial charge in [0.05, 0.1) is 32.3 Å². The third kappa shape index (κ3) is 4.74. The highest BCUT2D eigenvalue weighted by Crippen LogP contribution is 2.27. The molecule has 0 saturated heterocycles. The third-order valence-corrected chi connectivity index (χ3v) is 4.78. The highest BCUT2D eigenvalue weighted by molar-refractivity contribution is 5.92. The first-order chi connectivity index (χ1) is 16.0. The lowest BCUT2D eigenvalue weighted by molar-refractivity contribution is 0.0734. The van der Waals surface area contributed by atoms with E-state index >= 15 is 0 Å². The van der Waals surface area contributed by atoms with E-state index < -0.39 is 5.97 Å². The molecule has 0 atom stereocenters. The maximum absolute atomic E-state index is 12.8. The molecule has 168 valence electrons. The van der Waals surface area contributed by atoms with Gasteiger partial charge in [-0.2, -0.15) is 0 Å². The Hall–Kier alpha value is -4.46. The zero-order valence-electron chi connectivity index (χ0n) is 18.1. The summed E-state index contributed by atoms with van der Waals surface area (Å²) in [6.45, 7) is 0. The van der Waals surface area contributed by atoms with Gasteiger partial charge in [0.15, 0.2) is 0 Å². The third-order valence-electron chi connectivity index (χ3n) is 4.78. The van der Waals surface area contributed by atoms with E-state index in [2.05, 4.69) is 0 Å². The summed E-state index contributed by atoms with van der Waals surface area (Å²) in [5.74, 6) is 1.54. The fourth-order valence-corrected chi connectivity index (χ4v) is 3.11. The predicted molar refractivity (Wildman–Crippen MR) is 120 cm³/mol. The summed E-state index contributed by atoms with van der Waals surface area (Å²) >= 11 is 0. The highest BCUT2D eigenvalue weighted by Gasteiger charge is 2.15. The van der Waals surface area contributed by atoms with E-state index in [0.717, 1.165) is 0 Å². The van der Waals surface area contributed by atoms with E-state index in [1.54, 1.807) is 37.4 Å². The monoisotopic (exact) mass is 448 g/mol. The lowest BCUT2D eigenvalue weighted by atomic mass is 10.2. The molecule has 1 heterocycles. The number of esters is 1. The number of fused-ring (bicyclic) bond motifs is 1. The molecule has 1 aromatic heterocycles. The summed E-state index contributed by atoms with van der Waals surface area (Å²) in [6.07, 6.45) is 1.21. The Bertz CT molecular complexity index is 1350. The molecule has 0 aliphatic carbocycles. The number of methoxy groups -OCH3 is 3. The number of hydrogen-bond acceptors (Lipinski definition) is 8. The van der Waals surface area contributed by atoms with Crippen molar-refractivity contribution in [2.24, 2.45) is 0 Å². The van der Waals surface area contributed by atoms with E-state index in [0.29, 0.717) is 23.0 Å². The smallest absolute Gasteiger partial charge is 0.343 e. The first kappa shape index (κ1) is 21.8. The van der Waals surface area contributed by atoms with Gasteiger partial charge in [0.25, 0.3) is 0 Å². The molecule has 4 aromatic rings. The Morgan fingerprint density at radius 3 is 2.12 bits per heavy atom. The topological polar surface area (TPSA) is 93.4 Å². The van der Waals surface area contributed by atoms with Crippen LogP contribution in [0.2, 0.25) is 0 Å². The van der Waals surface area contributed by atoms with Gasteiger partial charge in [-0.05, 0) is 36.4 Å². The van der Waals surface area contributed by atoms with Gasteiger partial charge >= 0.3 is 5.97 Å². The lowest BCUT2D eigenvalue weighted by Gasteiger charge is -2.09. The zero-order valence-corrected chi connectivity index (χ0v) is 18.1. The van der Waals surface area contributed by atoms with Gasteiger partial charge in [0.2, 0.25) is 11.2 Å². The molecule has 0 fully saturated rings. The van der Waals surface area contributed by atoms with Crippen LogP contribution in [-0.2, 0) is 0 Å². The Labute approximate surface area is 188 Å². The lowest BCUT2D eigenvalue weighted by Crippen LogP contribution is -2.09. The van der Waals surface area contributed by atoms with Crippen LogP contribution in [0.15, 0.2) is 76.1 Å². The molecule has 8 heteroatoms. The van der Waals surface area contributed by atoms with Crippen molar-refractivity contribution in [3.63, 3.8) is 0 Å². The van der Waals surface area contributed by atoms with Crippen LogP contribution in [0.5, 0.6) is 34.5 Å². The molecule has 0 aliphatic rings. The number of benzene rings is 3. The van der Waals surface area contributed by atoms with Crippen molar-refractivity contribution in [2.75, 3.05) is 21.3 Å². The normalized spacial score (nSPS) is 10.5. The SMILES string of the molecule is COc1cccc(Oc2coc3cc(OC(=O)c4cc(OC)cc(OC)c4)ccc3c2=O)c1. The summed E-state index contributed by atoms with van der Waals surface area (Å²) in [5, 5.41) is 0.276. The van der Waals surface area contributed by atoms with Gasteiger partial charge in [0.1, 0.15) is 40.6 Å². The van der Waals surface area contributed by atoms with Crippen LogP contribution < -0.4 is 29.1 Å². The molecule has 0 unspecified atom stereocenters. The van der Waals surface area contributed by atoms with Gasteiger partial charge in [-0.15, -0.1) is 0 Å². The Balaban J connectivity index is 1.58. The van der Waals surface area contributed by atoms with Crippen LogP contribution in [-0.4, -0.2) is 27.3 Å². The molecule has 3 aromatic carbocycles. The van der Waals surface area contributed by atoms with E-state index in [1.807, 2.05) is 0 Å². The molecular formula is C25H20O8. The van der Waals surface area contributed by atoms with Gasteiger partial charge in [-0.3, -0.25) is 4.79 Å². The van der Waals surface area contributed by atoms with Crippen molar-refractivity contribution < 1.29 is 32.9 Å². The molecule has 0 saturated carbocycles. The number of hydrogen-bond donors (Lipinski definition) is 0. The fourth-order valence-electron chi connectivity index (χ4n) is 3.11. The average Bonchev–Trinajstić information content (AvgIpc) is 2.85. The second-order valence-electron chi connectivity index (χ2n) is 6.86. The molecule has 0 aliphatic heterocycles. The van der Waals surface area contributed by atoms with E-state index in [9.17, 15) is 9.59 Å². The Kier molecular flexibility index (Phi) is 6.17. The van der Waals surface area contributed by atoms with Crippen molar-refractivity contribution in [1.82, 2.24) is 0 Å². The predicted octanol–water partition coefficient (Wildman–Crippen LogP) is 4.83. The van der Waals surface area contributed by atoms with Crippen LogP contribution in [0, 0.1) is 0 Å². The van der Waals surface area contributed by atoms with Crippen molar-refractivity contribution >= 4 is 16.9 Å². The highest BCUT2D eigenvalue weighted by atomic mass is 16.5. The van der Waals surface area contributed by atoms with E-state index in [1.165, 1.54) is 50.8 Å². The largest absolute Gasteiger partial charge is 0.497 e. The summed E-state index contributed by atoms with van der Waals surface area (Å²) in [6, 6.07) is 16.0. The maximum Gasteiger partial charge on any atom is 0.343 e. The second-order valence-corrected chi connectivity index (χ2v) is 6.86. The first-order valence-electron chi connectivity index (χ1n) is 9.83. The molecule has 0 N–H and O–H groups in total. The molecule has 33 heavy (non-hydrogen) atoms. The van der Waals surface area contributed by atoms with Crippen LogP contribution >= 0.6 is 0 Å². The fraction of sp³-hybridized carbons (Fsp3) is 0.120. The first-order valence-corrected chi connectivity index (χ1v) is 9.83. The van der Waals surface area contributed by atoms with E-state index in [-0.39, 0.29) is 33.5 Å². The summed E-state index contributed by atoms with van der Waals surface area (Å²) < 4.78 is 32.2. The summed E-state index contributed by atoms with van der Waals surface area (Å²) in [4.78, 5) is 25.4. The summed E-state index contributed by atoms with van der Waals surface area (Å²) in [5.41, 5.74) is 0.121. The van der Waals surface area contributed by atoms with Crippen LogP contribution in [0.25, 0.3) is 11.0 Å². The zero-order chi connectivity index (χ0) is 23.4. The van der Waals surface area contributed by atoms with Crippen molar-refractivity contribution in [1.29, 1.82) is 0 Å². The average molecular weight is 448 g/mol.